The molecule has 0 fully saturated rings. The van der Waals surface area contributed by atoms with E-state index < -0.39 is 0 Å². The lowest BCUT2D eigenvalue weighted by Crippen LogP contribution is -2.40. The third-order valence-electron chi connectivity index (χ3n) is 4.04. The molecule has 0 aliphatic carbocycles. The molecule has 1 aromatic carbocycles. The number of amides is 1. The number of halogens is 1. The molecule has 20 heavy (non-hydrogen) atoms. The fraction of sp³-hybridized carbons (Fsp3) is 0.562. The zero-order valence-corrected chi connectivity index (χ0v) is 13.2. The molecular formula is C16H25ClN2O. The van der Waals surface area contributed by atoms with Gasteiger partial charge >= 0.3 is 0 Å². The minimum atomic E-state index is -0.0248. The van der Waals surface area contributed by atoms with E-state index in [1.807, 2.05) is 12.1 Å². The first-order chi connectivity index (χ1) is 9.57. The predicted molar refractivity (Wildman–Crippen MR) is 85.0 cm³/mol. The van der Waals surface area contributed by atoms with Gasteiger partial charge in [-0.05, 0) is 43.5 Å². The Balaban J connectivity index is 2.76. The van der Waals surface area contributed by atoms with E-state index in [1.165, 1.54) is 5.56 Å². The highest BCUT2D eigenvalue weighted by Gasteiger charge is 2.28. The number of benzene rings is 1. The van der Waals surface area contributed by atoms with E-state index in [-0.39, 0.29) is 11.3 Å². The number of hydrogen-bond acceptors (Lipinski definition) is 2. The standard InChI is InChI=1S/C16H25ClN2O/c1-3-16(4-2,12-19-15(20)6-5-11-18)13-7-9-14(17)10-8-13/h7-10H,3-6,11-12,18H2,1-2H3,(H,19,20). The number of carbonyl (C=O) groups excluding carboxylic acids is 1. The Morgan fingerprint density at radius 1 is 1.25 bits per heavy atom. The van der Waals surface area contributed by atoms with Crippen molar-refractivity contribution in [2.45, 2.75) is 44.9 Å². The molecule has 1 rings (SSSR count). The van der Waals surface area contributed by atoms with Gasteiger partial charge in [-0.3, -0.25) is 4.79 Å². The summed E-state index contributed by atoms with van der Waals surface area (Å²) >= 11 is 5.95. The Hall–Kier alpha value is -1.06. The molecule has 0 saturated carbocycles. The zero-order valence-electron chi connectivity index (χ0n) is 12.4. The van der Waals surface area contributed by atoms with Crippen LogP contribution in [-0.2, 0) is 10.2 Å². The summed E-state index contributed by atoms with van der Waals surface area (Å²) in [6.45, 7) is 5.52. The second-order valence-electron chi connectivity index (χ2n) is 5.16. The molecule has 4 heteroatoms. The molecule has 112 valence electrons. The Bertz CT molecular complexity index is 413. The Morgan fingerprint density at radius 2 is 1.85 bits per heavy atom. The van der Waals surface area contributed by atoms with Crippen molar-refractivity contribution in [3.63, 3.8) is 0 Å². The van der Waals surface area contributed by atoms with Crippen molar-refractivity contribution < 1.29 is 4.79 Å². The Labute approximate surface area is 126 Å². The van der Waals surface area contributed by atoms with Crippen LogP contribution in [0.25, 0.3) is 0 Å². The molecule has 3 N–H and O–H groups in total. The zero-order chi connectivity index (χ0) is 15.0. The van der Waals surface area contributed by atoms with Gasteiger partial charge in [-0.15, -0.1) is 0 Å². The van der Waals surface area contributed by atoms with Gasteiger partial charge in [0.2, 0.25) is 5.91 Å². The van der Waals surface area contributed by atoms with Crippen molar-refractivity contribution in [2.75, 3.05) is 13.1 Å². The van der Waals surface area contributed by atoms with Crippen LogP contribution in [0.15, 0.2) is 24.3 Å². The maximum atomic E-state index is 11.8. The molecule has 0 spiro atoms. The van der Waals surface area contributed by atoms with Gasteiger partial charge in [-0.1, -0.05) is 37.6 Å². The van der Waals surface area contributed by atoms with Crippen LogP contribution in [0.5, 0.6) is 0 Å². The molecule has 0 heterocycles. The van der Waals surface area contributed by atoms with Crippen LogP contribution in [0, 0.1) is 0 Å². The van der Waals surface area contributed by atoms with Crippen LogP contribution in [-0.4, -0.2) is 19.0 Å². The van der Waals surface area contributed by atoms with E-state index >= 15 is 0 Å². The normalized spacial score (nSPS) is 11.4. The molecule has 0 aromatic heterocycles. The molecule has 0 radical (unpaired) electrons. The first-order valence-corrected chi connectivity index (χ1v) is 7.68. The number of carbonyl (C=O) groups is 1. The highest BCUT2D eigenvalue weighted by atomic mass is 35.5. The Kier molecular flexibility index (Phi) is 7.03. The minimum absolute atomic E-state index is 0.0248. The van der Waals surface area contributed by atoms with Crippen molar-refractivity contribution >= 4 is 17.5 Å². The number of hydrogen-bond donors (Lipinski definition) is 2. The van der Waals surface area contributed by atoms with Gasteiger partial charge in [0.05, 0.1) is 0 Å². The summed E-state index contributed by atoms with van der Waals surface area (Å²) in [5.74, 6) is 0.0793. The van der Waals surface area contributed by atoms with Crippen LogP contribution < -0.4 is 11.1 Å². The molecular weight excluding hydrogens is 272 g/mol. The average Bonchev–Trinajstić information content (AvgIpc) is 2.48. The van der Waals surface area contributed by atoms with Crippen molar-refractivity contribution in [2.24, 2.45) is 5.73 Å². The van der Waals surface area contributed by atoms with Gasteiger partial charge in [0, 0.05) is 23.4 Å². The van der Waals surface area contributed by atoms with Crippen molar-refractivity contribution in [1.29, 1.82) is 0 Å². The first-order valence-electron chi connectivity index (χ1n) is 7.30. The van der Waals surface area contributed by atoms with Crippen molar-refractivity contribution in [3.8, 4) is 0 Å². The highest BCUT2D eigenvalue weighted by Crippen LogP contribution is 2.31. The Morgan fingerprint density at radius 3 is 2.35 bits per heavy atom. The quantitative estimate of drug-likeness (QED) is 0.773. The lowest BCUT2D eigenvalue weighted by atomic mass is 9.76. The summed E-state index contributed by atoms with van der Waals surface area (Å²) in [4.78, 5) is 11.8. The smallest absolute Gasteiger partial charge is 0.220 e. The minimum Gasteiger partial charge on any atom is -0.355 e. The van der Waals surface area contributed by atoms with E-state index in [0.717, 1.165) is 24.3 Å². The fourth-order valence-electron chi connectivity index (χ4n) is 2.43. The topological polar surface area (TPSA) is 55.1 Å². The summed E-state index contributed by atoms with van der Waals surface area (Å²) in [5.41, 5.74) is 6.63. The molecule has 1 amide bonds. The lowest BCUT2D eigenvalue weighted by Gasteiger charge is -2.32. The second-order valence-corrected chi connectivity index (χ2v) is 5.60. The summed E-state index contributed by atoms with van der Waals surface area (Å²) < 4.78 is 0. The van der Waals surface area contributed by atoms with Crippen LogP contribution in [0.3, 0.4) is 0 Å². The lowest BCUT2D eigenvalue weighted by molar-refractivity contribution is -0.121. The summed E-state index contributed by atoms with van der Waals surface area (Å²) in [6.07, 6.45) is 3.18. The summed E-state index contributed by atoms with van der Waals surface area (Å²) in [7, 11) is 0. The van der Waals surface area contributed by atoms with E-state index in [4.69, 9.17) is 17.3 Å². The molecule has 0 aliphatic rings. The maximum Gasteiger partial charge on any atom is 0.220 e. The van der Waals surface area contributed by atoms with Gasteiger partial charge < -0.3 is 11.1 Å². The molecule has 0 saturated heterocycles. The highest BCUT2D eigenvalue weighted by molar-refractivity contribution is 6.30. The number of nitrogens with one attached hydrogen (secondary N) is 1. The first kappa shape index (κ1) is 17.0. The van der Waals surface area contributed by atoms with Crippen molar-refractivity contribution in [1.82, 2.24) is 5.32 Å². The monoisotopic (exact) mass is 296 g/mol. The van der Waals surface area contributed by atoms with E-state index in [1.54, 1.807) is 0 Å². The van der Waals surface area contributed by atoms with Crippen LogP contribution >= 0.6 is 11.6 Å². The molecule has 1 aromatic rings. The summed E-state index contributed by atoms with van der Waals surface area (Å²) in [6, 6.07) is 7.93. The van der Waals surface area contributed by atoms with Gasteiger partial charge in [0.1, 0.15) is 0 Å². The van der Waals surface area contributed by atoms with E-state index in [0.29, 0.717) is 19.5 Å². The summed E-state index contributed by atoms with van der Waals surface area (Å²) in [5, 5.41) is 3.78. The number of nitrogens with two attached hydrogens (primary N) is 1. The second kappa shape index (κ2) is 8.28. The van der Waals surface area contributed by atoms with Crippen LogP contribution in [0.1, 0.15) is 45.1 Å². The number of rotatable bonds is 8. The SMILES string of the molecule is CCC(CC)(CNC(=O)CCCN)c1ccc(Cl)cc1. The molecule has 0 atom stereocenters. The third kappa shape index (κ3) is 4.50. The van der Waals surface area contributed by atoms with Gasteiger partial charge in [0.15, 0.2) is 0 Å². The molecule has 0 aliphatic heterocycles. The third-order valence-corrected chi connectivity index (χ3v) is 4.29. The van der Waals surface area contributed by atoms with Crippen LogP contribution in [0.2, 0.25) is 5.02 Å². The molecule has 0 bridgehead atoms. The fourth-order valence-corrected chi connectivity index (χ4v) is 2.56. The van der Waals surface area contributed by atoms with Crippen molar-refractivity contribution in [3.05, 3.63) is 34.9 Å². The molecule has 0 unspecified atom stereocenters. The largest absolute Gasteiger partial charge is 0.355 e. The van der Waals surface area contributed by atoms with E-state index in [9.17, 15) is 4.79 Å². The average molecular weight is 297 g/mol. The maximum absolute atomic E-state index is 11.8. The molecule has 3 nitrogen and oxygen atoms in total. The van der Waals surface area contributed by atoms with E-state index in [2.05, 4.69) is 31.3 Å². The van der Waals surface area contributed by atoms with Gasteiger partial charge in [-0.2, -0.15) is 0 Å². The van der Waals surface area contributed by atoms with Gasteiger partial charge in [0.25, 0.3) is 0 Å². The van der Waals surface area contributed by atoms with Crippen LogP contribution in [0.4, 0.5) is 0 Å². The predicted octanol–water partition coefficient (Wildman–Crippen LogP) is 3.25. The van der Waals surface area contributed by atoms with Gasteiger partial charge in [-0.25, -0.2) is 0 Å².